The topological polar surface area (TPSA) is 28.2 Å². The number of benzene rings is 2. The van der Waals surface area contributed by atoms with Gasteiger partial charge in [-0.25, -0.2) is 0 Å². The van der Waals surface area contributed by atoms with Crippen LogP contribution in [0.15, 0.2) is 66.9 Å². The Hall–Kier alpha value is -2.75. The van der Waals surface area contributed by atoms with Crippen molar-refractivity contribution in [1.29, 1.82) is 0 Å². The Morgan fingerprint density at radius 2 is 1.67 bits per heavy atom. The van der Waals surface area contributed by atoms with Crippen molar-refractivity contribution in [3.63, 3.8) is 0 Å². The maximum atomic E-state index is 4.62. The summed E-state index contributed by atoms with van der Waals surface area (Å²) >= 11 is 0. The van der Waals surface area contributed by atoms with E-state index in [0.717, 1.165) is 5.69 Å². The molecule has 0 radical (unpaired) electrons. The maximum absolute atomic E-state index is 4.62. The van der Waals surface area contributed by atoms with Crippen LogP contribution in [0.5, 0.6) is 0 Å². The lowest BCUT2D eigenvalue weighted by molar-refractivity contribution is 1.30. The van der Waals surface area contributed by atoms with E-state index >= 15 is 0 Å². The van der Waals surface area contributed by atoms with E-state index in [9.17, 15) is 0 Å². The molecule has 3 nitrogen and oxygen atoms in total. The van der Waals surface area contributed by atoms with E-state index in [1.54, 1.807) is 0 Å². The van der Waals surface area contributed by atoms with Crippen molar-refractivity contribution in [1.82, 2.24) is 4.98 Å². The van der Waals surface area contributed by atoms with Crippen LogP contribution in [-0.4, -0.2) is 12.0 Å². The highest BCUT2D eigenvalue weighted by Crippen LogP contribution is 2.44. The lowest BCUT2D eigenvalue weighted by atomic mass is 9.62. The van der Waals surface area contributed by atoms with E-state index in [1.807, 2.05) is 12.3 Å². The highest BCUT2D eigenvalue weighted by atomic mass is 15.2. The second-order valence-electron chi connectivity index (χ2n) is 5.39. The summed E-state index contributed by atoms with van der Waals surface area (Å²) in [6, 6.07) is 21.1. The van der Waals surface area contributed by atoms with Crippen molar-refractivity contribution in [2.24, 2.45) is 0 Å². The first kappa shape index (κ1) is 11.0. The Morgan fingerprint density at radius 3 is 2.62 bits per heavy atom. The molecule has 2 aliphatic rings. The van der Waals surface area contributed by atoms with Gasteiger partial charge in [0.1, 0.15) is 0 Å². The van der Waals surface area contributed by atoms with Crippen LogP contribution in [0.1, 0.15) is 0 Å². The van der Waals surface area contributed by atoms with Gasteiger partial charge in [-0.2, -0.15) is 0 Å². The van der Waals surface area contributed by atoms with Crippen LogP contribution in [0.2, 0.25) is 0 Å². The standard InChI is InChI=1S/C17H12BN3/c1-3-9-15-12(6-1)17-13(7-5-11-19-17)18-20-14-8-2-4-10-16(14)21(15)18/h1-11,20H. The molecule has 0 bridgehead atoms. The van der Waals surface area contributed by atoms with Gasteiger partial charge in [0.05, 0.1) is 11.4 Å². The van der Waals surface area contributed by atoms with Gasteiger partial charge >= 0.3 is 6.98 Å². The van der Waals surface area contributed by atoms with Gasteiger partial charge in [-0.15, -0.1) is 0 Å². The first-order valence-electron chi connectivity index (χ1n) is 7.12. The summed E-state index contributed by atoms with van der Waals surface area (Å²) < 4.78 is 0. The number of nitrogens with zero attached hydrogens (tertiary/aromatic N) is 2. The summed E-state index contributed by atoms with van der Waals surface area (Å²) in [5.41, 5.74) is 7.12. The van der Waals surface area contributed by atoms with Crippen molar-refractivity contribution < 1.29 is 0 Å². The zero-order valence-corrected chi connectivity index (χ0v) is 11.3. The van der Waals surface area contributed by atoms with Gasteiger partial charge < -0.3 is 10.0 Å². The minimum atomic E-state index is 0.126. The number of pyridine rings is 1. The lowest BCUT2D eigenvalue weighted by Gasteiger charge is -2.32. The number of fused-ring (bicyclic) bond motifs is 8. The van der Waals surface area contributed by atoms with Gasteiger partial charge in [0.2, 0.25) is 0 Å². The van der Waals surface area contributed by atoms with E-state index in [2.05, 4.69) is 69.6 Å². The summed E-state index contributed by atoms with van der Waals surface area (Å²) in [4.78, 5) is 6.99. The summed E-state index contributed by atoms with van der Waals surface area (Å²) in [5.74, 6) is 0. The molecule has 2 aliphatic heterocycles. The van der Waals surface area contributed by atoms with Crippen molar-refractivity contribution in [3.05, 3.63) is 66.9 Å². The number of nitrogens with one attached hydrogen (secondary N) is 1. The zero-order chi connectivity index (χ0) is 13.8. The fraction of sp³-hybridized carbons (Fsp3) is 0. The molecule has 1 aromatic heterocycles. The quantitative estimate of drug-likeness (QED) is 0.636. The van der Waals surface area contributed by atoms with E-state index in [0.29, 0.717) is 0 Å². The molecule has 0 fully saturated rings. The average Bonchev–Trinajstić information content (AvgIpc) is 2.95. The lowest BCUT2D eigenvalue weighted by Crippen LogP contribution is -2.51. The molecule has 0 aliphatic carbocycles. The van der Waals surface area contributed by atoms with Gasteiger partial charge in [-0.3, -0.25) is 4.98 Å². The van der Waals surface area contributed by atoms with Crippen LogP contribution in [0, 0.1) is 0 Å². The van der Waals surface area contributed by atoms with Crippen LogP contribution in [-0.2, 0) is 0 Å². The van der Waals surface area contributed by atoms with E-state index in [1.165, 1.54) is 28.1 Å². The molecule has 2 aromatic carbocycles. The highest BCUT2D eigenvalue weighted by Gasteiger charge is 2.42. The van der Waals surface area contributed by atoms with Crippen molar-refractivity contribution in [2.75, 3.05) is 10.0 Å². The highest BCUT2D eigenvalue weighted by molar-refractivity contribution is 6.84. The second-order valence-corrected chi connectivity index (χ2v) is 5.39. The molecule has 0 atom stereocenters. The third kappa shape index (κ3) is 1.36. The van der Waals surface area contributed by atoms with Crippen LogP contribution in [0.25, 0.3) is 11.3 Å². The van der Waals surface area contributed by atoms with Crippen molar-refractivity contribution >= 4 is 29.5 Å². The number of anilines is 3. The van der Waals surface area contributed by atoms with E-state index < -0.39 is 0 Å². The van der Waals surface area contributed by atoms with Gasteiger partial charge in [0, 0.05) is 23.1 Å². The molecule has 0 saturated heterocycles. The number of rotatable bonds is 0. The molecular formula is C17H12BN3. The summed E-state index contributed by atoms with van der Waals surface area (Å²) in [5, 5.41) is 3.62. The molecule has 98 valence electrons. The molecule has 0 unspecified atom stereocenters. The summed E-state index contributed by atoms with van der Waals surface area (Å²) in [6.45, 7) is 0.126. The third-order valence-electron chi connectivity index (χ3n) is 4.27. The molecule has 0 saturated carbocycles. The van der Waals surface area contributed by atoms with E-state index in [4.69, 9.17) is 0 Å². The molecule has 5 rings (SSSR count). The molecule has 0 spiro atoms. The number of hydrogen-bond acceptors (Lipinski definition) is 3. The maximum Gasteiger partial charge on any atom is 0.415 e. The summed E-state index contributed by atoms with van der Waals surface area (Å²) in [6.07, 6.45) is 1.87. The van der Waals surface area contributed by atoms with Crippen LogP contribution >= 0.6 is 0 Å². The van der Waals surface area contributed by atoms with Crippen LogP contribution < -0.4 is 15.5 Å². The predicted molar refractivity (Wildman–Crippen MR) is 87.3 cm³/mol. The van der Waals surface area contributed by atoms with Crippen LogP contribution in [0.4, 0.5) is 17.1 Å². The second kappa shape index (κ2) is 3.89. The predicted octanol–water partition coefficient (Wildman–Crippen LogP) is 3.02. The van der Waals surface area contributed by atoms with Gasteiger partial charge in [-0.1, -0.05) is 36.4 Å². The fourth-order valence-electron chi connectivity index (χ4n) is 3.39. The molecule has 3 aromatic rings. The third-order valence-corrected chi connectivity index (χ3v) is 4.27. The zero-order valence-electron chi connectivity index (χ0n) is 11.3. The number of para-hydroxylation sites is 3. The largest absolute Gasteiger partial charge is 0.415 e. The first-order valence-corrected chi connectivity index (χ1v) is 7.12. The average molecular weight is 269 g/mol. The first-order chi connectivity index (χ1) is 10.4. The Balaban J connectivity index is 1.85. The van der Waals surface area contributed by atoms with Crippen molar-refractivity contribution in [3.8, 4) is 11.3 Å². The van der Waals surface area contributed by atoms with Gasteiger partial charge in [0.25, 0.3) is 0 Å². The van der Waals surface area contributed by atoms with E-state index in [-0.39, 0.29) is 6.98 Å². The molecule has 3 heterocycles. The normalized spacial score (nSPS) is 13.9. The number of aromatic nitrogens is 1. The molecule has 21 heavy (non-hydrogen) atoms. The Bertz CT molecular complexity index is 862. The van der Waals surface area contributed by atoms with Crippen molar-refractivity contribution in [2.45, 2.75) is 0 Å². The minimum Gasteiger partial charge on any atom is -0.403 e. The van der Waals surface area contributed by atoms with Gasteiger partial charge in [-0.05, 0) is 29.7 Å². The molecule has 4 heteroatoms. The SMILES string of the molecule is c1ccc2c(c1)NB1c3cccnc3-c3ccccc3N12. The smallest absolute Gasteiger partial charge is 0.403 e. The summed E-state index contributed by atoms with van der Waals surface area (Å²) in [7, 11) is 0. The Labute approximate surface area is 123 Å². The molecular weight excluding hydrogens is 257 g/mol. The number of hydrogen-bond donors (Lipinski definition) is 1. The van der Waals surface area contributed by atoms with Crippen LogP contribution in [0.3, 0.4) is 0 Å². The monoisotopic (exact) mass is 269 g/mol. The Morgan fingerprint density at radius 1 is 0.857 bits per heavy atom. The molecule has 0 amide bonds. The Kier molecular flexibility index (Phi) is 2.03. The molecule has 1 N–H and O–H groups in total. The van der Waals surface area contributed by atoms with Gasteiger partial charge in [0.15, 0.2) is 0 Å². The minimum absolute atomic E-state index is 0.126. The fourth-order valence-corrected chi connectivity index (χ4v) is 3.39.